The molecule has 118 valence electrons. The Labute approximate surface area is 141 Å². The fourth-order valence-electron chi connectivity index (χ4n) is 2.63. The maximum atomic E-state index is 12.8. The topological polar surface area (TPSA) is 33.2 Å². The zero-order chi connectivity index (χ0) is 16.1. The molecule has 1 aliphatic rings. The lowest BCUT2D eigenvalue weighted by Gasteiger charge is -2.26. The van der Waals surface area contributed by atoms with Gasteiger partial charge in [0.25, 0.3) is 5.91 Å². The third kappa shape index (κ3) is 4.02. The van der Waals surface area contributed by atoms with Gasteiger partial charge in [0, 0.05) is 24.1 Å². The lowest BCUT2D eigenvalue weighted by molar-refractivity contribution is -0.114. The Hall–Kier alpha value is -2.07. The summed E-state index contributed by atoms with van der Waals surface area (Å²) < 4.78 is 0. The van der Waals surface area contributed by atoms with Gasteiger partial charge in [0.2, 0.25) is 0 Å². The van der Waals surface area contributed by atoms with Crippen LogP contribution in [0, 0.1) is 6.92 Å². The molecule has 1 amide bonds. The van der Waals surface area contributed by atoms with Crippen molar-refractivity contribution in [1.82, 2.24) is 4.98 Å². The molecule has 0 N–H and O–H groups in total. The van der Waals surface area contributed by atoms with E-state index in [1.54, 1.807) is 12.3 Å². The molecule has 3 rings (SSSR count). The maximum Gasteiger partial charge on any atom is 0.252 e. The molecule has 0 spiro atoms. The molecule has 0 bridgehead atoms. The Morgan fingerprint density at radius 1 is 1.26 bits per heavy atom. The first-order valence-corrected chi connectivity index (χ1v) is 8.96. The molecule has 2 heterocycles. The van der Waals surface area contributed by atoms with E-state index in [1.807, 2.05) is 65.2 Å². The second-order valence-corrected chi connectivity index (χ2v) is 6.81. The number of anilines is 1. The quantitative estimate of drug-likeness (QED) is 0.799. The second kappa shape index (κ2) is 7.47. The van der Waals surface area contributed by atoms with Crippen LogP contribution in [-0.2, 0) is 4.79 Å². The number of aromatic nitrogens is 1. The molecule has 0 saturated carbocycles. The van der Waals surface area contributed by atoms with E-state index in [2.05, 4.69) is 11.9 Å². The molecule has 1 fully saturated rings. The van der Waals surface area contributed by atoms with Crippen molar-refractivity contribution in [2.24, 2.45) is 0 Å². The van der Waals surface area contributed by atoms with Crippen molar-refractivity contribution in [2.45, 2.75) is 19.4 Å². The summed E-state index contributed by atoms with van der Waals surface area (Å²) in [6.07, 6.45) is 6.29. The van der Waals surface area contributed by atoms with E-state index in [9.17, 15) is 4.79 Å². The summed E-state index contributed by atoms with van der Waals surface area (Å²) in [6.45, 7) is 2.05. The highest BCUT2D eigenvalue weighted by molar-refractivity contribution is 7.99. The predicted molar refractivity (Wildman–Crippen MR) is 97.7 cm³/mol. The minimum Gasteiger partial charge on any atom is -0.289 e. The van der Waals surface area contributed by atoms with Gasteiger partial charge in [-0.15, -0.1) is 0 Å². The standard InChI is InChI=1S/C19H20N2OS/c1-15-5-7-16(8-6-15)9-10-19(22)21(17-11-13-23-14-17)18-4-2-3-12-20-18/h2-10,12,17H,11,13-14H2,1H3/b10-9+. The van der Waals surface area contributed by atoms with Gasteiger partial charge in [-0.1, -0.05) is 35.9 Å². The SMILES string of the molecule is Cc1ccc(/C=C/C(=O)N(c2ccccn2)C2CCSC2)cc1. The van der Waals surface area contributed by atoms with Crippen molar-refractivity contribution in [3.05, 3.63) is 65.9 Å². The minimum atomic E-state index is -0.00299. The number of hydrogen-bond donors (Lipinski definition) is 0. The van der Waals surface area contributed by atoms with Crippen LogP contribution in [0.1, 0.15) is 17.5 Å². The average Bonchev–Trinajstić information content (AvgIpc) is 3.10. The van der Waals surface area contributed by atoms with E-state index < -0.39 is 0 Å². The van der Waals surface area contributed by atoms with Gasteiger partial charge in [-0.25, -0.2) is 4.98 Å². The van der Waals surface area contributed by atoms with E-state index in [4.69, 9.17) is 0 Å². The van der Waals surface area contributed by atoms with Crippen molar-refractivity contribution in [2.75, 3.05) is 16.4 Å². The van der Waals surface area contributed by atoms with Crippen molar-refractivity contribution < 1.29 is 4.79 Å². The van der Waals surface area contributed by atoms with Gasteiger partial charge in [0.15, 0.2) is 0 Å². The molecular weight excluding hydrogens is 304 g/mol. The number of carbonyl (C=O) groups excluding carboxylic acids is 1. The van der Waals surface area contributed by atoms with Gasteiger partial charge >= 0.3 is 0 Å². The second-order valence-electron chi connectivity index (χ2n) is 5.66. The van der Waals surface area contributed by atoms with Gasteiger partial charge < -0.3 is 0 Å². The van der Waals surface area contributed by atoms with E-state index >= 15 is 0 Å². The average molecular weight is 324 g/mol. The molecular formula is C19H20N2OS. The zero-order valence-electron chi connectivity index (χ0n) is 13.2. The Morgan fingerprint density at radius 3 is 2.74 bits per heavy atom. The first kappa shape index (κ1) is 15.8. The number of amides is 1. The number of benzene rings is 1. The van der Waals surface area contributed by atoms with Crippen LogP contribution in [-0.4, -0.2) is 28.4 Å². The van der Waals surface area contributed by atoms with Crippen molar-refractivity contribution in [1.29, 1.82) is 0 Å². The maximum absolute atomic E-state index is 12.8. The largest absolute Gasteiger partial charge is 0.289 e. The van der Waals surface area contributed by atoms with Crippen molar-refractivity contribution in [3.8, 4) is 0 Å². The lowest BCUT2D eigenvalue weighted by Crippen LogP contribution is -2.40. The molecule has 23 heavy (non-hydrogen) atoms. The van der Waals surface area contributed by atoms with Crippen LogP contribution in [0.3, 0.4) is 0 Å². The van der Waals surface area contributed by atoms with E-state index in [-0.39, 0.29) is 11.9 Å². The summed E-state index contributed by atoms with van der Waals surface area (Å²) in [5.41, 5.74) is 2.25. The molecule has 1 aromatic heterocycles. The Morgan fingerprint density at radius 2 is 2.09 bits per heavy atom. The number of nitrogens with zero attached hydrogens (tertiary/aromatic N) is 2. The van der Waals surface area contributed by atoms with Crippen LogP contribution in [0.25, 0.3) is 6.08 Å². The smallest absolute Gasteiger partial charge is 0.252 e. The van der Waals surface area contributed by atoms with Crippen LogP contribution in [0.2, 0.25) is 0 Å². The first-order chi connectivity index (χ1) is 11.2. The molecule has 4 heteroatoms. The minimum absolute atomic E-state index is 0.00299. The number of rotatable bonds is 4. The highest BCUT2D eigenvalue weighted by atomic mass is 32.2. The molecule has 1 atom stereocenters. The van der Waals surface area contributed by atoms with Gasteiger partial charge in [-0.05, 0) is 42.9 Å². The van der Waals surface area contributed by atoms with Gasteiger partial charge in [-0.2, -0.15) is 11.8 Å². The molecule has 3 nitrogen and oxygen atoms in total. The summed E-state index contributed by atoms with van der Waals surface area (Å²) in [6, 6.07) is 14.1. The summed E-state index contributed by atoms with van der Waals surface area (Å²) in [5, 5.41) is 0. The molecule has 2 aromatic rings. The molecule has 1 aliphatic heterocycles. The first-order valence-electron chi connectivity index (χ1n) is 7.81. The van der Waals surface area contributed by atoms with Gasteiger partial charge in [0.1, 0.15) is 5.82 Å². The van der Waals surface area contributed by atoms with Crippen LogP contribution < -0.4 is 4.90 Å². The lowest BCUT2D eigenvalue weighted by atomic mass is 10.1. The van der Waals surface area contributed by atoms with Crippen molar-refractivity contribution in [3.63, 3.8) is 0 Å². The van der Waals surface area contributed by atoms with Crippen molar-refractivity contribution >= 4 is 29.6 Å². The Kier molecular flexibility index (Phi) is 5.13. The zero-order valence-corrected chi connectivity index (χ0v) is 14.0. The third-order valence-corrected chi connectivity index (χ3v) is 5.04. The highest BCUT2D eigenvalue weighted by Crippen LogP contribution is 2.26. The number of thioether (sulfide) groups is 1. The highest BCUT2D eigenvalue weighted by Gasteiger charge is 2.27. The number of pyridine rings is 1. The number of aryl methyl sites for hydroxylation is 1. The Balaban J connectivity index is 1.81. The molecule has 1 saturated heterocycles. The van der Waals surface area contributed by atoms with Crippen LogP contribution >= 0.6 is 11.8 Å². The summed E-state index contributed by atoms with van der Waals surface area (Å²) in [5.74, 6) is 2.80. The van der Waals surface area contributed by atoms with Crippen LogP contribution in [0.4, 0.5) is 5.82 Å². The Bertz CT molecular complexity index is 676. The third-order valence-electron chi connectivity index (χ3n) is 3.90. The van der Waals surface area contributed by atoms with E-state index in [1.165, 1.54) is 5.56 Å². The van der Waals surface area contributed by atoms with Crippen LogP contribution in [0.15, 0.2) is 54.7 Å². The summed E-state index contributed by atoms with van der Waals surface area (Å²) >= 11 is 1.89. The molecule has 1 unspecified atom stereocenters. The van der Waals surface area contributed by atoms with Gasteiger partial charge in [0.05, 0.1) is 0 Å². The normalized spacial score (nSPS) is 17.5. The monoisotopic (exact) mass is 324 g/mol. The summed E-state index contributed by atoms with van der Waals surface area (Å²) in [7, 11) is 0. The fraction of sp³-hybridized carbons (Fsp3) is 0.263. The molecule has 0 radical (unpaired) electrons. The van der Waals surface area contributed by atoms with Gasteiger partial charge in [-0.3, -0.25) is 9.69 Å². The van der Waals surface area contributed by atoms with E-state index in [0.29, 0.717) is 0 Å². The molecule has 1 aromatic carbocycles. The number of carbonyl (C=O) groups is 1. The van der Waals surface area contributed by atoms with Crippen LogP contribution in [0.5, 0.6) is 0 Å². The predicted octanol–water partition coefficient (Wildman–Crippen LogP) is 3.94. The number of hydrogen-bond acceptors (Lipinski definition) is 3. The molecule has 0 aliphatic carbocycles. The van der Waals surface area contributed by atoms with E-state index in [0.717, 1.165) is 29.3 Å². The fourth-order valence-corrected chi connectivity index (χ4v) is 3.82. The summed E-state index contributed by atoms with van der Waals surface area (Å²) in [4.78, 5) is 19.0.